The minimum Gasteiger partial charge on any atom is -0.373 e. The molecule has 1 aliphatic heterocycles. The van der Waals surface area contributed by atoms with E-state index in [1.807, 2.05) is 54.9 Å². The molecule has 146 valence electrons. The van der Waals surface area contributed by atoms with Gasteiger partial charge in [0.2, 0.25) is 0 Å². The van der Waals surface area contributed by atoms with Gasteiger partial charge in [0.1, 0.15) is 5.02 Å². The summed E-state index contributed by atoms with van der Waals surface area (Å²) in [5, 5.41) is 9.01. The van der Waals surface area contributed by atoms with E-state index in [0.717, 1.165) is 11.4 Å². The summed E-state index contributed by atoms with van der Waals surface area (Å²) in [6, 6.07) is 11.3. The van der Waals surface area contributed by atoms with Crippen molar-refractivity contribution in [2.24, 2.45) is 0 Å². The van der Waals surface area contributed by atoms with E-state index in [1.54, 1.807) is 6.20 Å². The number of aryl methyl sites for hydroxylation is 2. The average molecular weight is 400 g/mol. The standard InChI is InChI=1S/C20H22ClN5O2/c1-14-10-15(2)25(23-14)13-17-12-24(8-9-28-17)18-11-22-26(20(27)19(18)21)16-6-4-3-5-7-16/h3-7,10-11,17H,8-9,12-13H2,1-2H3. The van der Waals surface area contributed by atoms with Crippen LogP contribution in [0.2, 0.25) is 5.02 Å². The predicted octanol–water partition coefficient (Wildman–Crippen LogP) is 2.60. The molecular formula is C20H22ClN5O2. The molecule has 1 aromatic carbocycles. The highest BCUT2D eigenvalue weighted by molar-refractivity contribution is 6.33. The Bertz CT molecular complexity index is 1030. The molecule has 0 saturated carbocycles. The molecule has 8 heteroatoms. The van der Waals surface area contributed by atoms with Gasteiger partial charge in [-0.25, -0.2) is 0 Å². The number of ether oxygens (including phenoxy) is 1. The Hall–Kier alpha value is -2.64. The number of rotatable bonds is 4. The summed E-state index contributed by atoms with van der Waals surface area (Å²) in [7, 11) is 0. The molecule has 7 nitrogen and oxygen atoms in total. The van der Waals surface area contributed by atoms with E-state index in [1.165, 1.54) is 4.68 Å². The van der Waals surface area contributed by atoms with Crippen molar-refractivity contribution in [2.45, 2.75) is 26.5 Å². The lowest BCUT2D eigenvalue weighted by atomic mass is 10.2. The van der Waals surface area contributed by atoms with Gasteiger partial charge in [0.25, 0.3) is 5.56 Å². The molecule has 1 aliphatic rings. The van der Waals surface area contributed by atoms with Gasteiger partial charge in [-0.3, -0.25) is 9.48 Å². The average Bonchev–Trinajstić information content (AvgIpc) is 3.01. The topological polar surface area (TPSA) is 65.2 Å². The second-order valence-electron chi connectivity index (χ2n) is 6.94. The van der Waals surface area contributed by atoms with Crippen molar-refractivity contribution in [3.05, 3.63) is 69.4 Å². The maximum absolute atomic E-state index is 12.7. The van der Waals surface area contributed by atoms with E-state index in [2.05, 4.69) is 15.1 Å². The molecule has 3 aromatic rings. The third-order valence-corrected chi connectivity index (χ3v) is 5.22. The molecule has 0 N–H and O–H groups in total. The van der Waals surface area contributed by atoms with Crippen LogP contribution in [0.25, 0.3) is 5.69 Å². The van der Waals surface area contributed by atoms with Crippen LogP contribution in [0.5, 0.6) is 0 Å². The Balaban J connectivity index is 1.56. The number of aromatic nitrogens is 4. The fourth-order valence-electron chi connectivity index (χ4n) is 3.50. The van der Waals surface area contributed by atoms with Crippen molar-refractivity contribution < 1.29 is 4.74 Å². The quantitative estimate of drug-likeness (QED) is 0.674. The summed E-state index contributed by atoms with van der Waals surface area (Å²) in [4.78, 5) is 14.8. The van der Waals surface area contributed by atoms with Crippen LogP contribution in [0.15, 0.2) is 47.4 Å². The number of benzene rings is 1. The van der Waals surface area contributed by atoms with Crippen molar-refractivity contribution in [3.63, 3.8) is 0 Å². The zero-order valence-electron chi connectivity index (χ0n) is 15.9. The number of para-hydroxylation sites is 1. The van der Waals surface area contributed by atoms with Crippen molar-refractivity contribution >= 4 is 17.3 Å². The fraction of sp³-hybridized carbons (Fsp3) is 0.350. The maximum atomic E-state index is 12.7. The smallest absolute Gasteiger partial charge is 0.292 e. The van der Waals surface area contributed by atoms with Gasteiger partial charge in [0.05, 0.1) is 42.5 Å². The second-order valence-corrected chi connectivity index (χ2v) is 7.32. The number of hydrogen-bond acceptors (Lipinski definition) is 5. The van der Waals surface area contributed by atoms with Gasteiger partial charge < -0.3 is 9.64 Å². The van der Waals surface area contributed by atoms with Gasteiger partial charge in [-0.15, -0.1) is 0 Å². The highest BCUT2D eigenvalue weighted by Crippen LogP contribution is 2.24. The van der Waals surface area contributed by atoms with E-state index < -0.39 is 0 Å². The number of hydrogen-bond donors (Lipinski definition) is 0. The third-order valence-electron chi connectivity index (χ3n) is 4.86. The zero-order chi connectivity index (χ0) is 19.7. The lowest BCUT2D eigenvalue weighted by Gasteiger charge is -2.34. The van der Waals surface area contributed by atoms with Gasteiger partial charge in [0, 0.05) is 18.8 Å². The Morgan fingerprint density at radius 3 is 2.75 bits per heavy atom. The first-order valence-electron chi connectivity index (χ1n) is 9.24. The van der Waals surface area contributed by atoms with Gasteiger partial charge in [0.15, 0.2) is 0 Å². The summed E-state index contributed by atoms with van der Waals surface area (Å²) in [5.74, 6) is 0. The minimum atomic E-state index is -0.327. The predicted molar refractivity (Wildman–Crippen MR) is 108 cm³/mol. The fourth-order valence-corrected chi connectivity index (χ4v) is 3.75. The van der Waals surface area contributed by atoms with Crippen molar-refractivity contribution in [1.29, 1.82) is 0 Å². The number of anilines is 1. The lowest BCUT2D eigenvalue weighted by Crippen LogP contribution is -2.45. The van der Waals surface area contributed by atoms with Crippen LogP contribution in [0, 0.1) is 13.8 Å². The summed E-state index contributed by atoms with van der Waals surface area (Å²) in [6.07, 6.45) is 1.61. The van der Waals surface area contributed by atoms with Gasteiger partial charge in [-0.2, -0.15) is 14.9 Å². The monoisotopic (exact) mass is 399 g/mol. The molecule has 1 saturated heterocycles. The van der Waals surface area contributed by atoms with E-state index in [-0.39, 0.29) is 16.7 Å². The highest BCUT2D eigenvalue weighted by atomic mass is 35.5. The molecule has 1 atom stereocenters. The Morgan fingerprint density at radius 2 is 2.04 bits per heavy atom. The Morgan fingerprint density at radius 1 is 1.25 bits per heavy atom. The van der Waals surface area contributed by atoms with E-state index in [9.17, 15) is 4.79 Å². The molecule has 4 rings (SSSR count). The van der Waals surface area contributed by atoms with Crippen LogP contribution >= 0.6 is 11.6 Å². The van der Waals surface area contributed by atoms with Gasteiger partial charge in [-0.05, 0) is 32.0 Å². The largest absolute Gasteiger partial charge is 0.373 e. The zero-order valence-corrected chi connectivity index (χ0v) is 16.6. The first kappa shape index (κ1) is 18.7. The van der Waals surface area contributed by atoms with Crippen molar-refractivity contribution in [1.82, 2.24) is 19.6 Å². The van der Waals surface area contributed by atoms with Crippen LogP contribution in [0.1, 0.15) is 11.4 Å². The van der Waals surface area contributed by atoms with E-state index in [4.69, 9.17) is 16.3 Å². The molecule has 2 aromatic heterocycles. The summed E-state index contributed by atoms with van der Waals surface area (Å²) in [5.41, 5.74) is 3.09. The summed E-state index contributed by atoms with van der Waals surface area (Å²) >= 11 is 6.44. The Labute approximate surface area is 168 Å². The minimum absolute atomic E-state index is 0.0422. The lowest BCUT2D eigenvalue weighted by molar-refractivity contribution is 0.0270. The van der Waals surface area contributed by atoms with Gasteiger partial charge >= 0.3 is 0 Å². The molecule has 0 aliphatic carbocycles. The molecule has 0 amide bonds. The van der Waals surface area contributed by atoms with Gasteiger partial charge in [-0.1, -0.05) is 29.8 Å². The van der Waals surface area contributed by atoms with E-state index in [0.29, 0.717) is 37.6 Å². The molecular weight excluding hydrogens is 378 g/mol. The first-order chi connectivity index (χ1) is 13.5. The maximum Gasteiger partial charge on any atom is 0.292 e. The first-order valence-corrected chi connectivity index (χ1v) is 9.61. The molecule has 0 bridgehead atoms. The van der Waals surface area contributed by atoms with Crippen LogP contribution in [-0.4, -0.2) is 45.4 Å². The normalized spacial score (nSPS) is 17.1. The van der Waals surface area contributed by atoms with E-state index >= 15 is 0 Å². The number of halogens is 1. The third kappa shape index (κ3) is 3.68. The highest BCUT2D eigenvalue weighted by Gasteiger charge is 2.25. The molecule has 1 fully saturated rings. The summed E-state index contributed by atoms with van der Waals surface area (Å²) in [6.45, 7) is 6.50. The second kappa shape index (κ2) is 7.77. The number of morpholine rings is 1. The SMILES string of the molecule is Cc1cc(C)n(CC2CN(c3cnn(-c4ccccc4)c(=O)c3Cl)CCO2)n1. The van der Waals surface area contributed by atoms with Crippen LogP contribution in [0.3, 0.4) is 0 Å². The summed E-state index contributed by atoms with van der Waals surface area (Å²) < 4.78 is 9.19. The number of nitrogens with zero attached hydrogens (tertiary/aromatic N) is 5. The molecule has 0 radical (unpaired) electrons. The van der Waals surface area contributed by atoms with Crippen molar-refractivity contribution in [3.8, 4) is 5.69 Å². The molecule has 3 heterocycles. The Kier molecular flexibility index (Phi) is 5.19. The van der Waals surface area contributed by atoms with Crippen molar-refractivity contribution in [2.75, 3.05) is 24.6 Å². The molecule has 0 spiro atoms. The van der Waals surface area contributed by atoms with Crippen LogP contribution in [-0.2, 0) is 11.3 Å². The van der Waals surface area contributed by atoms with Crippen LogP contribution in [0.4, 0.5) is 5.69 Å². The van der Waals surface area contributed by atoms with Crippen LogP contribution < -0.4 is 10.5 Å². The molecule has 1 unspecified atom stereocenters. The molecule has 28 heavy (non-hydrogen) atoms.